The van der Waals surface area contributed by atoms with Crippen LogP contribution in [0.4, 0.5) is 5.69 Å². The number of rotatable bonds is 4. The number of aromatic nitrogens is 2. The Labute approximate surface area is 112 Å². The molecule has 0 aliphatic rings. The molecule has 0 spiro atoms. The predicted octanol–water partition coefficient (Wildman–Crippen LogP) is 1.55. The van der Waals surface area contributed by atoms with Crippen LogP contribution in [0.3, 0.4) is 0 Å². The molecule has 0 amide bonds. The summed E-state index contributed by atoms with van der Waals surface area (Å²) in [5.74, 6) is 0.495. The Hall–Kier alpha value is -2.02. The zero-order valence-corrected chi connectivity index (χ0v) is 11.7. The van der Waals surface area contributed by atoms with Crippen LogP contribution >= 0.6 is 0 Å². The molecule has 6 nitrogen and oxygen atoms in total. The molecule has 0 fully saturated rings. The van der Waals surface area contributed by atoms with Crippen molar-refractivity contribution in [2.24, 2.45) is 0 Å². The van der Waals surface area contributed by atoms with Crippen molar-refractivity contribution in [3.05, 3.63) is 36.2 Å². The number of ether oxygens (including phenoxy) is 1. The lowest BCUT2D eigenvalue weighted by atomic mass is 10.3. The highest BCUT2D eigenvalue weighted by molar-refractivity contribution is 7.92. The predicted molar refractivity (Wildman–Crippen MR) is 71.9 cm³/mol. The quantitative estimate of drug-likeness (QED) is 0.922. The van der Waals surface area contributed by atoms with E-state index in [1.165, 1.54) is 24.7 Å². The summed E-state index contributed by atoms with van der Waals surface area (Å²) in [6.07, 6.45) is 1.30. The molecular weight excluding hydrogens is 266 g/mol. The fourth-order valence-electron chi connectivity index (χ4n) is 1.77. The van der Waals surface area contributed by atoms with E-state index in [2.05, 4.69) is 10.2 Å². The summed E-state index contributed by atoms with van der Waals surface area (Å²) in [7, 11) is -0.664. The highest BCUT2D eigenvalue weighted by atomic mass is 32.2. The number of nitrogens with one attached hydrogen (secondary N) is 1. The van der Waals surface area contributed by atoms with Gasteiger partial charge in [0.05, 0.1) is 24.7 Å². The number of hydrogen-bond donors (Lipinski definition) is 1. The number of anilines is 1. The van der Waals surface area contributed by atoms with E-state index in [1.54, 1.807) is 31.2 Å². The van der Waals surface area contributed by atoms with Crippen LogP contribution in [-0.4, -0.2) is 32.8 Å². The normalized spacial score (nSPS) is 11.3. The lowest BCUT2D eigenvalue weighted by molar-refractivity contribution is 0.416. The molecule has 19 heavy (non-hydrogen) atoms. The van der Waals surface area contributed by atoms with Crippen molar-refractivity contribution < 1.29 is 13.2 Å². The number of aromatic amines is 1. The monoisotopic (exact) mass is 281 g/mol. The molecule has 0 saturated carbocycles. The Morgan fingerprint density at radius 3 is 2.58 bits per heavy atom. The maximum absolute atomic E-state index is 12.5. The Balaban J connectivity index is 2.50. The standard InChI is InChI=1S/C12H15N3O3S/c1-9-12(8-13-14-9)19(16,17)15(2)10-6-4-5-7-11(10)18-3/h4-8H,1-3H3,(H,13,14). The van der Waals surface area contributed by atoms with E-state index < -0.39 is 10.0 Å². The maximum Gasteiger partial charge on any atom is 0.267 e. The van der Waals surface area contributed by atoms with Crippen LogP contribution in [0, 0.1) is 6.92 Å². The number of benzene rings is 1. The van der Waals surface area contributed by atoms with Crippen molar-refractivity contribution in [3.8, 4) is 5.75 Å². The minimum Gasteiger partial charge on any atom is -0.495 e. The van der Waals surface area contributed by atoms with Gasteiger partial charge in [0, 0.05) is 7.05 Å². The van der Waals surface area contributed by atoms with E-state index in [0.29, 0.717) is 17.1 Å². The first-order chi connectivity index (χ1) is 8.98. The van der Waals surface area contributed by atoms with Gasteiger partial charge in [0.25, 0.3) is 10.0 Å². The largest absolute Gasteiger partial charge is 0.495 e. The number of para-hydroxylation sites is 2. The van der Waals surface area contributed by atoms with Gasteiger partial charge in [0.15, 0.2) is 0 Å². The van der Waals surface area contributed by atoms with Crippen LogP contribution in [0.2, 0.25) is 0 Å². The van der Waals surface area contributed by atoms with E-state index in [9.17, 15) is 8.42 Å². The van der Waals surface area contributed by atoms with Crippen LogP contribution in [0.15, 0.2) is 35.4 Å². The fourth-order valence-corrected chi connectivity index (χ4v) is 3.09. The number of sulfonamides is 1. The van der Waals surface area contributed by atoms with Crippen LogP contribution in [-0.2, 0) is 10.0 Å². The third kappa shape index (κ3) is 2.28. The van der Waals surface area contributed by atoms with Crippen LogP contribution in [0.25, 0.3) is 0 Å². The average molecular weight is 281 g/mol. The van der Waals surface area contributed by atoms with Gasteiger partial charge in [-0.3, -0.25) is 9.40 Å². The van der Waals surface area contributed by atoms with Crippen molar-refractivity contribution in [1.82, 2.24) is 10.2 Å². The molecule has 0 unspecified atom stereocenters. The molecule has 1 aromatic carbocycles. The summed E-state index contributed by atoms with van der Waals surface area (Å²) < 4.78 is 31.4. The topological polar surface area (TPSA) is 75.3 Å². The Morgan fingerprint density at radius 1 is 1.32 bits per heavy atom. The van der Waals surface area contributed by atoms with Crippen LogP contribution in [0.1, 0.15) is 5.69 Å². The molecule has 1 heterocycles. The summed E-state index contributed by atoms with van der Waals surface area (Å²) in [4.78, 5) is 0.154. The molecule has 0 aliphatic heterocycles. The number of H-pyrrole nitrogens is 1. The molecule has 0 aliphatic carbocycles. The fraction of sp³-hybridized carbons (Fsp3) is 0.250. The van der Waals surface area contributed by atoms with Crippen molar-refractivity contribution >= 4 is 15.7 Å². The Kier molecular flexibility index (Phi) is 3.48. The molecule has 0 atom stereocenters. The van der Waals surface area contributed by atoms with Crippen molar-refractivity contribution in [2.75, 3.05) is 18.5 Å². The van der Waals surface area contributed by atoms with Gasteiger partial charge in [0.1, 0.15) is 10.6 Å². The van der Waals surface area contributed by atoms with Gasteiger partial charge < -0.3 is 4.74 Å². The molecule has 7 heteroatoms. The summed E-state index contributed by atoms with van der Waals surface area (Å²) in [6.45, 7) is 1.66. The highest BCUT2D eigenvalue weighted by Crippen LogP contribution is 2.31. The molecular formula is C12H15N3O3S. The van der Waals surface area contributed by atoms with Gasteiger partial charge >= 0.3 is 0 Å². The third-order valence-electron chi connectivity index (χ3n) is 2.85. The lowest BCUT2D eigenvalue weighted by Gasteiger charge is -2.21. The second-order valence-corrected chi connectivity index (χ2v) is 5.94. The minimum absolute atomic E-state index is 0.154. The van der Waals surface area contributed by atoms with E-state index in [0.717, 1.165) is 0 Å². The molecule has 1 N–H and O–H groups in total. The van der Waals surface area contributed by atoms with Crippen molar-refractivity contribution in [2.45, 2.75) is 11.8 Å². The van der Waals surface area contributed by atoms with Gasteiger partial charge in [-0.1, -0.05) is 12.1 Å². The number of nitrogens with zero attached hydrogens (tertiary/aromatic N) is 2. The maximum atomic E-state index is 12.5. The SMILES string of the molecule is COc1ccccc1N(C)S(=O)(=O)c1cn[nH]c1C. The van der Waals surface area contributed by atoms with Crippen molar-refractivity contribution in [1.29, 1.82) is 0 Å². The van der Waals surface area contributed by atoms with Crippen LogP contribution in [0.5, 0.6) is 5.75 Å². The first kappa shape index (κ1) is 13.4. The first-order valence-electron chi connectivity index (χ1n) is 5.60. The van der Waals surface area contributed by atoms with E-state index in [-0.39, 0.29) is 4.90 Å². The summed E-state index contributed by atoms with van der Waals surface area (Å²) in [5, 5.41) is 6.37. The second kappa shape index (κ2) is 4.93. The molecule has 1 aromatic heterocycles. The van der Waals surface area contributed by atoms with Crippen LogP contribution < -0.4 is 9.04 Å². The zero-order chi connectivity index (χ0) is 14.0. The first-order valence-corrected chi connectivity index (χ1v) is 7.04. The van der Waals surface area contributed by atoms with Gasteiger partial charge in [-0.15, -0.1) is 0 Å². The van der Waals surface area contributed by atoms with E-state index in [4.69, 9.17) is 4.74 Å². The van der Waals surface area contributed by atoms with Gasteiger partial charge in [0.2, 0.25) is 0 Å². The van der Waals surface area contributed by atoms with Gasteiger partial charge in [-0.2, -0.15) is 5.10 Å². The van der Waals surface area contributed by atoms with E-state index >= 15 is 0 Å². The molecule has 0 bridgehead atoms. The highest BCUT2D eigenvalue weighted by Gasteiger charge is 2.26. The zero-order valence-electron chi connectivity index (χ0n) is 10.9. The number of hydrogen-bond acceptors (Lipinski definition) is 4. The third-order valence-corrected chi connectivity index (χ3v) is 4.73. The average Bonchev–Trinajstić information content (AvgIpc) is 2.84. The summed E-state index contributed by atoms with van der Waals surface area (Å²) >= 11 is 0. The van der Waals surface area contributed by atoms with Gasteiger partial charge in [-0.25, -0.2) is 8.42 Å². The Bertz CT molecular complexity index is 679. The minimum atomic E-state index is -3.65. The van der Waals surface area contributed by atoms with Gasteiger partial charge in [-0.05, 0) is 19.1 Å². The molecule has 2 aromatic rings. The van der Waals surface area contributed by atoms with E-state index in [1.807, 2.05) is 0 Å². The van der Waals surface area contributed by atoms with Crippen molar-refractivity contribution in [3.63, 3.8) is 0 Å². The number of aryl methyl sites for hydroxylation is 1. The summed E-state index contributed by atoms with van der Waals surface area (Å²) in [5.41, 5.74) is 0.979. The summed E-state index contributed by atoms with van der Waals surface area (Å²) in [6, 6.07) is 6.94. The molecule has 2 rings (SSSR count). The Morgan fingerprint density at radius 2 is 2.00 bits per heavy atom. The second-order valence-electron chi connectivity index (χ2n) is 4.00. The lowest BCUT2D eigenvalue weighted by Crippen LogP contribution is -2.27. The number of methoxy groups -OCH3 is 1. The molecule has 0 saturated heterocycles. The molecule has 0 radical (unpaired) electrons. The smallest absolute Gasteiger partial charge is 0.267 e. The molecule has 102 valence electrons.